The van der Waals surface area contributed by atoms with Crippen molar-refractivity contribution >= 4 is 11.6 Å². The number of hydrogen-bond acceptors (Lipinski definition) is 3. The first kappa shape index (κ1) is 14.6. The molecule has 0 spiro atoms. The summed E-state index contributed by atoms with van der Waals surface area (Å²) in [5, 5.41) is 14.9. The molecule has 2 aromatic carbocycles. The number of carbonyl (C=O) groups is 1. The van der Waals surface area contributed by atoms with Gasteiger partial charge in [0.2, 0.25) is 0 Å². The summed E-state index contributed by atoms with van der Waals surface area (Å²) in [4.78, 5) is 12.0. The van der Waals surface area contributed by atoms with Crippen molar-refractivity contribution in [2.75, 3.05) is 11.9 Å². The molecule has 0 aliphatic heterocycles. The van der Waals surface area contributed by atoms with Gasteiger partial charge in [0.25, 0.3) is 5.91 Å². The zero-order valence-electron chi connectivity index (χ0n) is 11.9. The fraction of sp³-hybridized carbons (Fsp3) is 0.176. The summed E-state index contributed by atoms with van der Waals surface area (Å²) in [7, 11) is 0. The first-order valence-electron chi connectivity index (χ1n) is 6.84. The van der Waals surface area contributed by atoms with Gasteiger partial charge in [-0.3, -0.25) is 4.79 Å². The minimum Gasteiger partial charge on any atom is -0.380 e. The van der Waals surface area contributed by atoms with Crippen LogP contribution in [0.2, 0.25) is 0 Å². The molecule has 2 rings (SSSR count). The fourth-order valence-corrected chi connectivity index (χ4v) is 2.04. The SMILES string of the molecule is CCNC(=O)c1ccccc1NCc1cccc(C#N)c1. The quantitative estimate of drug-likeness (QED) is 0.884. The minimum atomic E-state index is -0.0913. The predicted octanol–water partition coefficient (Wildman–Crippen LogP) is 2.92. The lowest BCUT2D eigenvalue weighted by molar-refractivity contribution is 0.0956. The van der Waals surface area contributed by atoms with E-state index < -0.39 is 0 Å². The Morgan fingerprint density at radius 2 is 2.00 bits per heavy atom. The lowest BCUT2D eigenvalue weighted by atomic mass is 10.1. The van der Waals surface area contributed by atoms with Gasteiger partial charge in [0.1, 0.15) is 0 Å². The van der Waals surface area contributed by atoms with Gasteiger partial charge in [0.05, 0.1) is 17.2 Å². The predicted molar refractivity (Wildman–Crippen MR) is 82.9 cm³/mol. The highest BCUT2D eigenvalue weighted by Crippen LogP contribution is 2.16. The third-order valence-electron chi connectivity index (χ3n) is 3.05. The van der Waals surface area contributed by atoms with Crippen molar-refractivity contribution in [3.05, 3.63) is 65.2 Å². The Morgan fingerprint density at radius 3 is 2.76 bits per heavy atom. The van der Waals surface area contributed by atoms with Gasteiger partial charge in [0.15, 0.2) is 0 Å². The number of nitrogens with zero attached hydrogens (tertiary/aromatic N) is 1. The number of anilines is 1. The second-order valence-electron chi connectivity index (χ2n) is 4.57. The van der Waals surface area contributed by atoms with Gasteiger partial charge < -0.3 is 10.6 Å². The number of hydrogen-bond donors (Lipinski definition) is 2. The van der Waals surface area contributed by atoms with E-state index in [1.807, 2.05) is 43.3 Å². The second kappa shape index (κ2) is 7.11. The molecule has 0 aliphatic carbocycles. The molecule has 0 saturated heterocycles. The Labute approximate surface area is 124 Å². The molecule has 0 atom stereocenters. The smallest absolute Gasteiger partial charge is 0.253 e. The second-order valence-corrected chi connectivity index (χ2v) is 4.57. The highest BCUT2D eigenvalue weighted by molar-refractivity contribution is 5.99. The van der Waals surface area contributed by atoms with Gasteiger partial charge in [0, 0.05) is 18.8 Å². The molecule has 0 saturated carbocycles. The average Bonchev–Trinajstić information content (AvgIpc) is 2.53. The number of carbonyl (C=O) groups excluding carboxylic acids is 1. The van der Waals surface area contributed by atoms with Crippen LogP contribution in [0.3, 0.4) is 0 Å². The van der Waals surface area contributed by atoms with Gasteiger partial charge in [-0.05, 0) is 36.8 Å². The molecule has 0 heterocycles. The Bertz CT molecular complexity index is 674. The van der Waals surface area contributed by atoms with Crippen molar-refractivity contribution in [2.24, 2.45) is 0 Å². The van der Waals surface area contributed by atoms with E-state index in [0.29, 0.717) is 24.2 Å². The summed E-state index contributed by atoms with van der Waals surface area (Å²) in [6.45, 7) is 3.05. The van der Waals surface area contributed by atoms with Crippen LogP contribution in [0.25, 0.3) is 0 Å². The molecule has 106 valence electrons. The van der Waals surface area contributed by atoms with Crippen LogP contribution in [0.15, 0.2) is 48.5 Å². The number of nitrogens with one attached hydrogen (secondary N) is 2. The van der Waals surface area contributed by atoms with Crippen LogP contribution in [0.1, 0.15) is 28.4 Å². The summed E-state index contributed by atoms with van der Waals surface area (Å²) in [6, 6.07) is 16.9. The Hall–Kier alpha value is -2.80. The maximum atomic E-state index is 12.0. The van der Waals surface area contributed by atoms with Gasteiger partial charge in [-0.25, -0.2) is 0 Å². The van der Waals surface area contributed by atoms with Crippen LogP contribution in [-0.4, -0.2) is 12.5 Å². The molecule has 0 unspecified atom stereocenters. The van der Waals surface area contributed by atoms with E-state index in [1.165, 1.54) is 0 Å². The van der Waals surface area contributed by atoms with Crippen LogP contribution in [0.4, 0.5) is 5.69 Å². The van der Waals surface area contributed by atoms with E-state index in [0.717, 1.165) is 11.3 Å². The van der Waals surface area contributed by atoms with Crippen molar-refractivity contribution in [3.8, 4) is 6.07 Å². The molecule has 0 fully saturated rings. The first-order valence-corrected chi connectivity index (χ1v) is 6.84. The van der Waals surface area contributed by atoms with Crippen LogP contribution >= 0.6 is 0 Å². The maximum absolute atomic E-state index is 12.0. The lowest BCUT2D eigenvalue weighted by Gasteiger charge is -2.12. The molecule has 0 bridgehead atoms. The molecule has 4 nitrogen and oxygen atoms in total. The van der Waals surface area contributed by atoms with Crippen molar-refractivity contribution in [3.63, 3.8) is 0 Å². The van der Waals surface area contributed by atoms with Gasteiger partial charge in [-0.1, -0.05) is 24.3 Å². The lowest BCUT2D eigenvalue weighted by Crippen LogP contribution is -2.23. The monoisotopic (exact) mass is 279 g/mol. The van der Waals surface area contributed by atoms with Gasteiger partial charge in [-0.2, -0.15) is 5.26 Å². The molecule has 1 amide bonds. The topological polar surface area (TPSA) is 64.9 Å². The minimum absolute atomic E-state index is 0.0913. The van der Waals surface area contributed by atoms with E-state index in [-0.39, 0.29) is 5.91 Å². The molecule has 4 heteroatoms. The van der Waals surface area contributed by atoms with E-state index in [9.17, 15) is 4.79 Å². The van der Waals surface area contributed by atoms with Crippen molar-refractivity contribution in [2.45, 2.75) is 13.5 Å². The summed E-state index contributed by atoms with van der Waals surface area (Å²) in [6.07, 6.45) is 0. The Kier molecular flexibility index (Phi) is 4.94. The Morgan fingerprint density at radius 1 is 1.19 bits per heavy atom. The number of para-hydroxylation sites is 1. The molecule has 21 heavy (non-hydrogen) atoms. The van der Waals surface area contributed by atoms with Crippen LogP contribution in [0.5, 0.6) is 0 Å². The van der Waals surface area contributed by atoms with Crippen LogP contribution in [0, 0.1) is 11.3 Å². The molecule has 2 N–H and O–H groups in total. The number of nitriles is 1. The summed E-state index contributed by atoms with van der Waals surface area (Å²) < 4.78 is 0. The molecule has 0 aromatic heterocycles. The van der Waals surface area contributed by atoms with E-state index in [2.05, 4.69) is 16.7 Å². The summed E-state index contributed by atoms with van der Waals surface area (Å²) >= 11 is 0. The standard InChI is InChI=1S/C17H17N3O/c1-2-19-17(21)15-8-3-4-9-16(15)20-12-14-7-5-6-13(10-14)11-18/h3-10,20H,2,12H2,1H3,(H,19,21). The highest BCUT2D eigenvalue weighted by atomic mass is 16.1. The van der Waals surface area contributed by atoms with Crippen molar-refractivity contribution in [1.82, 2.24) is 5.32 Å². The highest BCUT2D eigenvalue weighted by Gasteiger charge is 2.09. The third kappa shape index (κ3) is 3.83. The zero-order chi connectivity index (χ0) is 15.1. The number of rotatable bonds is 5. The third-order valence-corrected chi connectivity index (χ3v) is 3.05. The molecular weight excluding hydrogens is 262 g/mol. The average molecular weight is 279 g/mol. The largest absolute Gasteiger partial charge is 0.380 e. The van der Waals surface area contributed by atoms with Gasteiger partial charge in [-0.15, -0.1) is 0 Å². The number of amides is 1. The molecule has 2 aromatic rings. The zero-order valence-corrected chi connectivity index (χ0v) is 11.9. The molecule has 0 aliphatic rings. The van der Waals surface area contributed by atoms with E-state index in [4.69, 9.17) is 5.26 Å². The van der Waals surface area contributed by atoms with Crippen molar-refractivity contribution < 1.29 is 4.79 Å². The summed E-state index contributed by atoms with van der Waals surface area (Å²) in [5.41, 5.74) is 3.03. The number of benzene rings is 2. The van der Waals surface area contributed by atoms with Crippen molar-refractivity contribution in [1.29, 1.82) is 5.26 Å². The summed E-state index contributed by atoms with van der Waals surface area (Å²) in [5.74, 6) is -0.0913. The first-order chi connectivity index (χ1) is 10.2. The van der Waals surface area contributed by atoms with Gasteiger partial charge >= 0.3 is 0 Å². The Balaban J connectivity index is 2.13. The maximum Gasteiger partial charge on any atom is 0.253 e. The molecule has 0 radical (unpaired) electrons. The van der Waals surface area contributed by atoms with E-state index >= 15 is 0 Å². The fourth-order valence-electron chi connectivity index (χ4n) is 2.04. The van der Waals surface area contributed by atoms with E-state index in [1.54, 1.807) is 12.1 Å². The van der Waals surface area contributed by atoms with Crippen LogP contribution in [-0.2, 0) is 6.54 Å². The molecular formula is C17H17N3O. The van der Waals surface area contributed by atoms with Crippen LogP contribution < -0.4 is 10.6 Å². The normalized spacial score (nSPS) is 9.71.